The lowest BCUT2D eigenvalue weighted by Crippen LogP contribution is -2.40. The van der Waals surface area contributed by atoms with E-state index in [2.05, 4.69) is 26.1 Å². The third kappa shape index (κ3) is 5.91. The van der Waals surface area contributed by atoms with Gasteiger partial charge in [0.05, 0.1) is 13.2 Å². The molecule has 1 aliphatic rings. The molecule has 1 heterocycles. The van der Waals surface area contributed by atoms with Gasteiger partial charge in [-0.25, -0.2) is 0 Å². The van der Waals surface area contributed by atoms with E-state index in [0.717, 1.165) is 56.2 Å². The molecular formula is C14H21BrN2O2. The van der Waals surface area contributed by atoms with Crippen molar-refractivity contribution in [3.8, 4) is 5.75 Å². The number of ether oxygens (including phenoxy) is 2. The standard InChI is InChI=1S/C14H21BrN2O2/c15-13-2-1-3-14(12-13)19-9-5-16-4-6-17-7-10-18-11-8-17/h1-3,12,16H,4-11H2. The molecule has 0 radical (unpaired) electrons. The summed E-state index contributed by atoms with van der Waals surface area (Å²) in [4.78, 5) is 2.42. The number of hydrogen-bond acceptors (Lipinski definition) is 4. The van der Waals surface area contributed by atoms with E-state index in [1.807, 2.05) is 24.3 Å². The van der Waals surface area contributed by atoms with Crippen molar-refractivity contribution < 1.29 is 9.47 Å². The zero-order valence-electron chi connectivity index (χ0n) is 11.1. The van der Waals surface area contributed by atoms with Gasteiger partial charge in [-0.3, -0.25) is 4.90 Å². The van der Waals surface area contributed by atoms with E-state index in [9.17, 15) is 0 Å². The highest BCUT2D eigenvalue weighted by molar-refractivity contribution is 9.10. The van der Waals surface area contributed by atoms with Crippen LogP contribution >= 0.6 is 15.9 Å². The molecule has 1 aliphatic heterocycles. The lowest BCUT2D eigenvalue weighted by molar-refractivity contribution is 0.0383. The molecule has 1 fully saturated rings. The molecule has 19 heavy (non-hydrogen) atoms. The topological polar surface area (TPSA) is 33.7 Å². The van der Waals surface area contributed by atoms with Crippen LogP contribution in [0.5, 0.6) is 5.75 Å². The Balaban J connectivity index is 1.50. The number of morpholine rings is 1. The minimum atomic E-state index is 0.694. The van der Waals surface area contributed by atoms with E-state index in [1.54, 1.807) is 0 Å². The molecule has 0 aromatic heterocycles. The van der Waals surface area contributed by atoms with Crippen LogP contribution in [0.3, 0.4) is 0 Å². The zero-order chi connectivity index (χ0) is 13.3. The smallest absolute Gasteiger partial charge is 0.120 e. The SMILES string of the molecule is Brc1cccc(OCCNCCN2CCOCC2)c1. The van der Waals surface area contributed by atoms with Crippen molar-refractivity contribution in [1.29, 1.82) is 0 Å². The Bertz CT molecular complexity index is 370. The van der Waals surface area contributed by atoms with Crippen LogP contribution < -0.4 is 10.1 Å². The maximum Gasteiger partial charge on any atom is 0.120 e. The van der Waals surface area contributed by atoms with Crippen molar-refractivity contribution in [2.24, 2.45) is 0 Å². The lowest BCUT2D eigenvalue weighted by Gasteiger charge is -2.26. The maximum absolute atomic E-state index is 5.65. The van der Waals surface area contributed by atoms with Crippen LogP contribution in [0, 0.1) is 0 Å². The summed E-state index contributed by atoms with van der Waals surface area (Å²) < 4.78 is 12.0. The van der Waals surface area contributed by atoms with Crippen molar-refractivity contribution in [2.75, 3.05) is 52.5 Å². The second-order valence-corrected chi connectivity index (χ2v) is 5.43. The van der Waals surface area contributed by atoms with Crippen molar-refractivity contribution in [2.45, 2.75) is 0 Å². The summed E-state index contributed by atoms with van der Waals surface area (Å²) in [5, 5.41) is 3.40. The van der Waals surface area contributed by atoms with E-state index in [1.165, 1.54) is 0 Å². The highest BCUT2D eigenvalue weighted by Gasteiger charge is 2.08. The average Bonchev–Trinajstić information content (AvgIpc) is 2.44. The van der Waals surface area contributed by atoms with Crippen LogP contribution in [0.1, 0.15) is 0 Å². The van der Waals surface area contributed by atoms with E-state index in [0.29, 0.717) is 6.61 Å². The van der Waals surface area contributed by atoms with Gasteiger partial charge in [0.1, 0.15) is 12.4 Å². The lowest BCUT2D eigenvalue weighted by atomic mass is 10.3. The minimum Gasteiger partial charge on any atom is -0.492 e. The Hall–Kier alpha value is -0.620. The van der Waals surface area contributed by atoms with Crippen molar-refractivity contribution in [3.05, 3.63) is 28.7 Å². The molecule has 1 saturated heterocycles. The highest BCUT2D eigenvalue weighted by atomic mass is 79.9. The molecule has 0 spiro atoms. The fourth-order valence-corrected chi connectivity index (χ4v) is 2.36. The fourth-order valence-electron chi connectivity index (χ4n) is 1.98. The first-order valence-corrected chi connectivity index (χ1v) is 7.53. The molecule has 0 saturated carbocycles. The number of benzene rings is 1. The zero-order valence-corrected chi connectivity index (χ0v) is 12.7. The Labute approximate surface area is 123 Å². The third-order valence-corrected chi connectivity index (χ3v) is 3.55. The summed E-state index contributed by atoms with van der Waals surface area (Å²) in [5.41, 5.74) is 0. The molecule has 5 heteroatoms. The Morgan fingerprint density at radius 2 is 2.11 bits per heavy atom. The number of nitrogens with zero attached hydrogens (tertiary/aromatic N) is 1. The largest absolute Gasteiger partial charge is 0.492 e. The third-order valence-electron chi connectivity index (χ3n) is 3.05. The molecular weight excluding hydrogens is 308 g/mol. The molecule has 2 rings (SSSR count). The van der Waals surface area contributed by atoms with Crippen LogP contribution in [-0.4, -0.2) is 57.4 Å². The van der Waals surface area contributed by atoms with Gasteiger partial charge in [-0.1, -0.05) is 22.0 Å². The van der Waals surface area contributed by atoms with Crippen molar-refractivity contribution >= 4 is 15.9 Å². The number of halogens is 1. The average molecular weight is 329 g/mol. The number of rotatable bonds is 7. The van der Waals surface area contributed by atoms with E-state index in [4.69, 9.17) is 9.47 Å². The monoisotopic (exact) mass is 328 g/mol. The van der Waals surface area contributed by atoms with Crippen LogP contribution in [0.25, 0.3) is 0 Å². The Kier molecular flexibility index (Phi) is 6.64. The maximum atomic E-state index is 5.65. The van der Waals surface area contributed by atoms with Gasteiger partial charge in [0.15, 0.2) is 0 Å². The van der Waals surface area contributed by atoms with Crippen molar-refractivity contribution in [1.82, 2.24) is 10.2 Å². The molecule has 0 aliphatic carbocycles. The van der Waals surface area contributed by atoms with Crippen LogP contribution in [0.2, 0.25) is 0 Å². The van der Waals surface area contributed by atoms with Gasteiger partial charge in [0.2, 0.25) is 0 Å². The minimum absolute atomic E-state index is 0.694. The van der Waals surface area contributed by atoms with Gasteiger partial charge >= 0.3 is 0 Å². The van der Waals surface area contributed by atoms with Crippen LogP contribution in [0.4, 0.5) is 0 Å². The summed E-state index contributed by atoms with van der Waals surface area (Å²) in [5.74, 6) is 0.907. The van der Waals surface area contributed by atoms with E-state index in [-0.39, 0.29) is 0 Å². The highest BCUT2D eigenvalue weighted by Crippen LogP contribution is 2.17. The molecule has 0 amide bonds. The second-order valence-electron chi connectivity index (χ2n) is 4.51. The van der Waals surface area contributed by atoms with Gasteiger partial charge in [-0.15, -0.1) is 0 Å². The molecule has 1 N–H and O–H groups in total. The molecule has 0 bridgehead atoms. The first-order chi connectivity index (χ1) is 9.34. The first-order valence-electron chi connectivity index (χ1n) is 6.74. The first kappa shape index (κ1) is 14.8. The molecule has 1 aromatic carbocycles. The van der Waals surface area contributed by atoms with Gasteiger partial charge < -0.3 is 14.8 Å². The van der Waals surface area contributed by atoms with Crippen LogP contribution in [0.15, 0.2) is 28.7 Å². The second kappa shape index (κ2) is 8.53. The molecule has 1 aromatic rings. The quantitative estimate of drug-likeness (QED) is 0.773. The Morgan fingerprint density at radius 1 is 1.26 bits per heavy atom. The summed E-state index contributed by atoms with van der Waals surface area (Å²) in [6, 6.07) is 7.92. The van der Waals surface area contributed by atoms with E-state index < -0.39 is 0 Å². The fraction of sp³-hybridized carbons (Fsp3) is 0.571. The summed E-state index contributed by atoms with van der Waals surface area (Å²) >= 11 is 3.43. The number of nitrogens with one attached hydrogen (secondary N) is 1. The van der Waals surface area contributed by atoms with E-state index >= 15 is 0 Å². The molecule has 0 unspecified atom stereocenters. The summed E-state index contributed by atoms with van der Waals surface area (Å²) in [6.45, 7) is 7.49. The summed E-state index contributed by atoms with van der Waals surface area (Å²) in [7, 11) is 0. The van der Waals surface area contributed by atoms with Crippen LogP contribution in [-0.2, 0) is 4.74 Å². The predicted molar refractivity (Wildman–Crippen MR) is 79.8 cm³/mol. The van der Waals surface area contributed by atoms with Gasteiger partial charge in [0.25, 0.3) is 0 Å². The molecule has 0 atom stereocenters. The van der Waals surface area contributed by atoms with Gasteiger partial charge in [-0.05, 0) is 18.2 Å². The molecule has 4 nitrogen and oxygen atoms in total. The van der Waals surface area contributed by atoms with Gasteiger partial charge in [0, 0.05) is 37.2 Å². The van der Waals surface area contributed by atoms with Gasteiger partial charge in [-0.2, -0.15) is 0 Å². The van der Waals surface area contributed by atoms with Crippen molar-refractivity contribution in [3.63, 3.8) is 0 Å². The Morgan fingerprint density at radius 3 is 2.89 bits per heavy atom. The number of hydrogen-bond donors (Lipinski definition) is 1. The predicted octanol–water partition coefficient (Wildman–Crippen LogP) is 1.75. The summed E-state index contributed by atoms with van der Waals surface area (Å²) in [6.07, 6.45) is 0. The normalized spacial score (nSPS) is 16.5. The molecule has 106 valence electrons.